The third-order valence-electron chi connectivity index (χ3n) is 5.05. The zero-order valence-electron chi connectivity index (χ0n) is 18.5. The third-order valence-corrected chi connectivity index (χ3v) is 6.14. The van der Waals surface area contributed by atoms with Crippen LogP contribution < -0.4 is 10.2 Å². The Morgan fingerprint density at radius 1 is 1.15 bits per heavy atom. The Morgan fingerprint density at radius 3 is 2.79 bits per heavy atom. The molecule has 0 fully saturated rings. The van der Waals surface area contributed by atoms with E-state index < -0.39 is 5.91 Å². The number of nitrogens with one attached hydrogen (secondary N) is 1. The van der Waals surface area contributed by atoms with Crippen LogP contribution in [0.4, 0.5) is 0 Å². The van der Waals surface area contributed by atoms with E-state index in [4.69, 9.17) is 9.15 Å². The Morgan fingerprint density at radius 2 is 2.00 bits per heavy atom. The number of ether oxygens (including phenoxy) is 1. The van der Waals surface area contributed by atoms with Crippen LogP contribution in [-0.2, 0) is 13.0 Å². The lowest BCUT2D eigenvalue weighted by Gasteiger charge is -2.14. The van der Waals surface area contributed by atoms with E-state index in [0.717, 1.165) is 36.8 Å². The van der Waals surface area contributed by atoms with Gasteiger partial charge in [-0.25, -0.2) is 5.43 Å². The van der Waals surface area contributed by atoms with Gasteiger partial charge in [0.1, 0.15) is 17.9 Å². The number of rotatable bonds is 8. The molecule has 7 heteroatoms. The van der Waals surface area contributed by atoms with E-state index in [0.29, 0.717) is 18.6 Å². The van der Waals surface area contributed by atoms with Crippen LogP contribution in [0.1, 0.15) is 32.8 Å². The number of hydrazone groups is 1. The van der Waals surface area contributed by atoms with Gasteiger partial charge in [0.05, 0.1) is 10.7 Å². The van der Waals surface area contributed by atoms with Gasteiger partial charge in [-0.15, -0.1) is 6.58 Å². The Bertz CT molecular complexity index is 1390. The molecular weight excluding hydrogens is 560 g/mol. The van der Waals surface area contributed by atoms with Crippen LogP contribution in [0.25, 0.3) is 11.0 Å². The number of aryl methyl sites for hydroxylation is 1. The lowest BCUT2D eigenvalue weighted by molar-refractivity contribution is 0.0929. The summed E-state index contributed by atoms with van der Waals surface area (Å²) in [6, 6.07) is 19.3. The zero-order chi connectivity index (χ0) is 24.1. The second-order valence-corrected chi connectivity index (χ2v) is 9.52. The molecule has 4 aromatic rings. The minimum Gasteiger partial charge on any atom is -0.487 e. The third kappa shape index (κ3) is 5.85. The fourth-order valence-electron chi connectivity index (χ4n) is 3.52. The Balaban J connectivity index is 1.47. The fourth-order valence-corrected chi connectivity index (χ4v) is 4.53. The number of allylic oxidation sites excluding steroid dienone is 1. The van der Waals surface area contributed by atoms with E-state index in [-0.39, 0.29) is 5.76 Å². The maximum Gasteiger partial charge on any atom is 0.307 e. The molecule has 0 radical (unpaired) electrons. The number of amides is 1. The lowest BCUT2D eigenvalue weighted by Crippen LogP contribution is -2.16. The summed E-state index contributed by atoms with van der Waals surface area (Å²) in [5.41, 5.74) is 7.22. The van der Waals surface area contributed by atoms with Crippen LogP contribution in [0.3, 0.4) is 0 Å². The van der Waals surface area contributed by atoms with Gasteiger partial charge in [0.2, 0.25) is 0 Å². The molecule has 4 rings (SSSR count). The maximum atomic E-state index is 12.5. The Hall–Kier alpha value is -3.16. The predicted octanol–water partition coefficient (Wildman–Crippen LogP) is 7.34. The molecule has 0 atom stereocenters. The molecule has 1 aromatic heterocycles. The minimum absolute atomic E-state index is 0.193. The highest BCUT2D eigenvalue weighted by Gasteiger charge is 2.13. The molecule has 34 heavy (non-hydrogen) atoms. The van der Waals surface area contributed by atoms with Crippen molar-refractivity contribution in [2.24, 2.45) is 5.10 Å². The first-order valence-corrected chi connectivity index (χ1v) is 12.2. The van der Waals surface area contributed by atoms with Gasteiger partial charge in [-0.05, 0) is 82.4 Å². The molecule has 1 heterocycles. The van der Waals surface area contributed by atoms with Crippen molar-refractivity contribution in [3.05, 3.63) is 110 Å². The van der Waals surface area contributed by atoms with Crippen LogP contribution in [-0.4, -0.2) is 12.1 Å². The van der Waals surface area contributed by atoms with Crippen molar-refractivity contribution in [2.75, 3.05) is 0 Å². The summed E-state index contributed by atoms with van der Waals surface area (Å²) in [5.74, 6) is 0.529. The zero-order valence-corrected chi connectivity index (χ0v) is 21.6. The molecule has 1 amide bonds. The van der Waals surface area contributed by atoms with E-state index in [9.17, 15) is 4.79 Å². The van der Waals surface area contributed by atoms with E-state index >= 15 is 0 Å². The molecule has 3 aromatic carbocycles. The van der Waals surface area contributed by atoms with E-state index in [1.54, 1.807) is 18.3 Å². The quantitative estimate of drug-likeness (QED) is 0.134. The first-order chi connectivity index (χ1) is 16.4. The van der Waals surface area contributed by atoms with Gasteiger partial charge in [0.15, 0.2) is 5.76 Å². The molecule has 0 saturated heterocycles. The van der Waals surface area contributed by atoms with Crippen LogP contribution in [0, 0.1) is 6.92 Å². The van der Waals surface area contributed by atoms with Gasteiger partial charge in [-0.1, -0.05) is 51.8 Å². The van der Waals surface area contributed by atoms with E-state index in [1.807, 2.05) is 42.5 Å². The van der Waals surface area contributed by atoms with Crippen LogP contribution >= 0.6 is 31.9 Å². The molecule has 1 N–H and O–H groups in total. The van der Waals surface area contributed by atoms with Gasteiger partial charge in [-0.2, -0.15) is 5.10 Å². The standard InChI is InChI=1S/C27H22Br2N2O3/c1-3-5-20-11-19(12-23(29)26(20)33-16-18-7-4-6-17(2)10-18)15-30-31-27(32)25-14-21-13-22(28)8-9-24(21)34-25/h3-4,6-15H,1,5,16H2,2H3,(H,31,32)/b30-15+. The fraction of sp³-hybridized carbons (Fsp3) is 0.111. The summed E-state index contributed by atoms with van der Waals surface area (Å²) < 4.78 is 13.4. The monoisotopic (exact) mass is 580 g/mol. The summed E-state index contributed by atoms with van der Waals surface area (Å²) >= 11 is 7.03. The first kappa shape index (κ1) is 24.0. The molecule has 0 bridgehead atoms. The van der Waals surface area contributed by atoms with Crippen molar-refractivity contribution in [1.29, 1.82) is 0 Å². The average molecular weight is 582 g/mol. The largest absolute Gasteiger partial charge is 0.487 e. The highest BCUT2D eigenvalue weighted by atomic mass is 79.9. The van der Waals surface area contributed by atoms with Crippen molar-refractivity contribution < 1.29 is 13.9 Å². The number of halogens is 2. The summed E-state index contributed by atoms with van der Waals surface area (Å²) in [5, 5.41) is 4.94. The van der Waals surface area contributed by atoms with Crippen LogP contribution in [0.2, 0.25) is 0 Å². The van der Waals surface area contributed by atoms with Gasteiger partial charge in [0.25, 0.3) is 0 Å². The average Bonchev–Trinajstić information content (AvgIpc) is 3.22. The van der Waals surface area contributed by atoms with Crippen molar-refractivity contribution in [2.45, 2.75) is 20.0 Å². The van der Waals surface area contributed by atoms with Gasteiger partial charge in [-0.3, -0.25) is 4.79 Å². The second-order valence-electron chi connectivity index (χ2n) is 7.75. The smallest absolute Gasteiger partial charge is 0.307 e. The van der Waals surface area contributed by atoms with Crippen LogP contribution in [0.15, 0.2) is 91.8 Å². The Kier molecular flexibility index (Phi) is 7.65. The molecule has 0 spiro atoms. The van der Waals surface area contributed by atoms with Gasteiger partial charge in [0, 0.05) is 9.86 Å². The number of carbonyl (C=O) groups excluding carboxylic acids is 1. The lowest BCUT2D eigenvalue weighted by atomic mass is 10.1. The van der Waals surface area contributed by atoms with Crippen molar-refractivity contribution in [3.8, 4) is 5.75 Å². The first-order valence-electron chi connectivity index (χ1n) is 10.6. The summed E-state index contributed by atoms with van der Waals surface area (Å²) in [4.78, 5) is 12.5. The molecule has 0 saturated carbocycles. The van der Waals surface area contributed by atoms with E-state index in [1.165, 1.54) is 5.56 Å². The summed E-state index contributed by atoms with van der Waals surface area (Å²) in [6.45, 7) is 6.37. The number of carbonyl (C=O) groups is 1. The summed E-state index contributed by atoms with van der Waals surface area (Å²) in [7, 11) is 0. The number of benzene rings is 3. The predicted molar refractivity (Wildman–Crippen MR) is 143 cm³/mol. The molecule has 0 aliphatic carbocycles. The maximum absolute atomic E-state index is 12.5. The molecule has 0 aliphatic rings. The van der Waals surface area contributed by atoms with E-state index in [2.05, 4.69) is 68.0 Å². The van der Waals surface area contributed by atoms with Crippen LogP contribution in [0.5, 0.6) is 5.75 Å². The molecular formula is C27H22Br2N2O3. The van der Waals surface area contributed by atoms with Crippen molar-refractivity contribution >= 4 is 55.0 Å². The highest BCUT2D eigenvalue weighted by Crippen LogP contribution is 2.32. The van der Waals surface area contributed by atoms with Crippen molar-refractivity contribution in [3.63, 3.8) is 0 Å². The topological polar surface area (TPSA) is 63.8 Å². The summed E-state index contributed by atoms with van der Waals surface area (Å²) in [6.07, 6.45) is 4.03. The van der Waals surface area contributed by atoms with Crippen molar-refractivity contribution in [1.82, 2.24) is 5.43 Å². The number of fused-ring (bicyclic) bond motifs is 1. The van der Waals surface area contributed by atoms with Gasteiger partial charge >= 0.3 is 5.91 Å². The number of furan rings is 1. The number of hydrogen-bond acceptors (Lipinski definition) is 4. The number of hydrogen-bond donors (Lipinski definition) is 1. The second kappa shape index (κ2) is 10.8. The highest BCUT2D eigenvalue weighted by molar-refractivity contribution is 9.10. The Labute approximate surface area is 214 Å². The van der Waals surface area contributed by atoms with Gasteiger partial charge < -0.3 is 9.15 Å². The molecule has 0 aliphatic heterocycles. The molecule has 5 nitrogen and oxygen atoms in total. The molecule has 172 valence electrons. The normalized spacial score (nSPS) is 11.1. The minimum atomic E-state index is -0.424. The SMILES string of the molecule is C=CCc1cc(/C=N/NC(=O)c2cc3cc(Br)ccc3o2)cc(Br)c1OCc1cccc(C)c1. The number of nitrogens with zero attached hydrogens (tertiary/aromatic N) is 1. The molecule has 0 unspecified atom stereocenters.